The molecule has 2 aromatic heterocycles. The first-order valence-corrected chi connectivity index (χ1v) is 31.3. The molecule has 0 amide bonds. The zero-order chi connectivity index (χ0) is 58.9. The van der Waals surface area contributed by atoms with Gasteiger partial charge in [-0.25, -0.2) is 0 Å². The van der Waals surface area contributed by atoms with Crippen molar-refractivity contribution in [2.24, 2.45) is 0 Å². The van der Waals surface area contributed by atoms with E-state index in [-0.39, 0.29) is 28.4 Å². The van der Waals surface area contributed by atoms with E-state index in [9.17, 15) is 0 Å². The van der Waals surface area contributed by atoms with Crippen molar-refractivity contribution >= 4 is 66.6 Å². The lowest BCUT2D eigenvalue weighted by atomic mass is 9.33. The van der Waals surface area contributed by atoms with Gasteiger partial charge in [-0.05, 0) is 169 Å². The number of hydrogen-bond donors (Lipinski definition) is 0. The molecule has 0 atom stereocenters. The zero-order valence-electron chi connectivity index (χ0n) is 51.7. The highest BCUT2D eigenvalue weighted by molar-refractivity contribution is 7.01. The smallest absolute Gasteiger partial charge is 0.253 e. The molecule has 17 rings (SSSR count). The summed E-state index contributed by atoms with van der Waals surface area (Å²) in [7, 11) is 0. The highest BCUT2D eigenvalue weighted by Crippen LogP contribution is 2.63. The summed E-state index contributed by atoms with van der Waals surface area (Å²) in [5.74, 6) is 0. The summed E-state index contributed by atoms with van der Waals surface area (Å²) < 4.78 is 5.60. The lowest BCUT2D eigenvalue weighted by molar-refractivity contribution is 0.588. The number of fused-ring (bicyclic) bond motifs is 13. The molecule has 0 saturated heterocycles. The summed E-state index contributed by atoms with van der Waals surface area (Å²) in [6, 6.07) is 83.6. The van der Waals surface area contributed by atoms with Gasteiger partial charge in [0, 0.05) is 44.2 Å². The minimum absolute atomic E-state index is 0.0749. The second-order valence-electron chi connectivity index (χ2n) is 29.6. The number of nitrogens with zero attached hydrogens (tertiary/aromatic N) is 2. The molecule has 2 nitrogen and oxygen atoms in total. The molecule has 416 valence electrons. The van der Waals surface area contributed by atoms with Crippen LogP contribution in [-0.4, -0.2) is 15.8 Å². The van der Waals surface area contributed by atoms with Crippen LogP contribution in [0.5, 0.6) is 0 Å². The van der Waals surface area contributed by atoms with E-state index in [1.165, 1.54) is 172 Å². The fourth-order valence-corrected chi connectivity index (χ4v) is 16.3. The predicted molar refractivity (Wildman–Crippen MR) is 367 cm³/mol. The highest BCUT2D eigenvalue weighted by atomic mass is 15.1. The third-order valence-electron chi connectivity index (χ3n) is 20.5. The number of rotatable bonds is 4. The number of hydrogen-bond acceptors (Lipinski definition) is 0. The maximum Gasteiger partial charge on any atom is 0.253 e. The Kier molecular flexibility index (Phi) is 10.3. The van der Waals surface area contributed by atoms with Crippen molar-refractivity contribution in [3.05, 3.63) is 257 Å². The van der Waals surface area contributed by atoms with E-state index in [2.05, 4.69) is 305 Å². The summed E-state index contributed by atoms with van der Waals surface area (Å²) in [5.41, 5.74) is 33.1. The van der Waals surface area contributed by atoms with Gasteiger partial charge in [-0.3, -0.25) is 0 Å². The Labute approximate surface area is 506 Å². The van der Waals surface area contributed by atoms with Crippen LogP contribution in [0, 0.1) is 0 Å². The molecular formula is C83H71BN2. The molecule has 3 heteroatoms. The number of benzene rings is 11. The van der Waals surface area contributed by atoms with Gasteiger partial charge in [-0.15, -0.1) is 0 Å². The quantitative estimate of drug-likeness (QED) is 0.155. The van der Waals surface area contributed by atoms with Crippen molar-refractivity contribution in [2.45, 2.75) is 110 Å². The van der Waals surface area contributed by atoms with Crippen molar-refractivity contribution < 1.29 is 0 Å². The average molecular weight is 1110 g/mol. The van der Waals surface area contributed by atoms with E-state index in [1.807, 2.05) is 0 Å². The Morgan fingerprint density at radius 1 is 0.326 bits per heavy atom. The van der Waals surface area contributed by atoms with Crippen LogP contribution in [0.1, 0.15) is 128 Å². The number of aromatic nitrogens is 2. The third-order valence-corrected chi connectivity index (χ3v) is 20.5. The monoisotopic (exact) mass is 1110 g/mol. The Morgan fingerprint density at radius 2 is 0.849 bits per heavy atom. The summed E-state index contributed by atoms with van der Waals surface area (Å²) >= 11 is 0. The van der Waals surface area contributed by atoms with E-state index < -0.39 is 5.41 Å². The van der Waals surface area contributed by atoms with E-state index in [1.54, 1.807) is 0 Å². The molecule has 11 aromatic carbocycles. The molecule has 0 unspecified atom stereocenters. The molecule has 4 aliphatic rings. The Hall–Kier alpha value is -8.92. The van der Waals surface area contributed by atoms with Gasteiger partial charge in [0.1, 0.15) is 0 Å². The van der Waals surface area contributed by atoms with E-state index >= 15 is 0 Å². The van der Waals surface area contributed by atoms with Crippen LogP contribution in [0.2, 0.25) is 0 Å². The minimum Gasteiger partial charge on any atom is -0.310 e. The molecule has 5 heterocycles. The van der Waals surface area contributed by atoms with Crippen molar-refractivity contribution in [3.8, 4) is 67.1 Å². The van der Waals surface area contributed by atoms with Gasteiger partial charge in [0.25, 0.3) is 6.71 Å². The summed E-state index contributed by atoms with van der Waals surface area (Å²) in [6.07, 6.45) is 0. The lowest BCUT2D eigenvalue weighted by Crippen LogP contribution is -2.61. The lowest BCUT2D eigenvalue weighted by Gasteiger charge is -2.44. The van der Waals surface area contributed by atoms with Crippen LogP contribution < -0.4 is 16.4 Å². The molecule has 86 heavy (non-hydrogen) atoms. The van der Waals surface area contributed by atoms with Gasteiger partial charge < -0.3 is 9.13 Å². The van der Waals surface area contributed by atoms with Crippen LogP contribution in [0.25, 0.3) is 111 Å². The van der Waals surface area contributed by atoms with Crippen molar-refractivity contribution in [3.63, 3.8) is 0 Å². The van der Waals surface area contributed by atoms with Crippen LogP contribution in [0.4, 0.5) is 0 Å². The van der Waals surface area contributed by atoms with Gasteiger partial charge in [0.15, 0.2) is 0 Å². The molecule has 1 aliphatic carbocycles. The molecule has 3 aliphatic heterocycles. The first-order chi connectivity index (χ1) is 41.2. The Bertz CT molecular complexity index is 5080. The van der Waals surface area contributed by atoms with Gasteiger partial charge in [0.05, 0.1) is 22.1 Å². The SMILES string of the molecule is CC(C)(C)c1ccc(-c2c(-c3ccc(C(C)(C)C)cc3-c3ccccc3)n3c4c(c5ccccc5cc24)B2c4c-3ccc3c4-n4c5c2cc(C(C)(C)C)cc5c2cc(C(C)(C)C)cc(c24)C32c3ccccc3-c3ccccc32)c(-c2ccccc2)c1. The van der Waals surface area contributed by atoms with Crippen LogP contribution in [-0.2, 0) is 27.1 Å². The molecule has 0 fully saturated rings. The van der Waals surface area contributed by atoms with Crippen molar-refractivity contribution in [2.75, 3.05) is 0 Å². The second-order valence-corrected chi connectivity index (χ2v) is 29.6. The normalized spacial score (nSPS) is 14.3. The second kappa shape index (κ2) is 17.2. The van der Waals surface area contributed by atoms with Gasteiger partial charge in [-0.2, -0.15) is 0 Å². The first kappa shape index (κ1) is 51.5. The van der Waals surface area contributed by atoms with Gasteiger partial charge in [-0.1, -0.05) is 259 Å². The fourth-order valence-electron chi connectivity index (χ4n) is 16.3. The Morgan fingerprint density at radius 3 is 1.45 bits per heavy atom. The highest BCUT2D eigenvalue weighted by Gasteiger charge is 2.55. The summed E-state index contributed by atoms with van der Waals surface area (Å²) in [6.45, 7) is 28.4. The average Bonchev–Trinajstić information content (AvgIpc) is 1.44. The zero-order valence-corrected chi connectivity index (χ0v) is 51.7. The van der Waals surface area contributed by atoms with Gasteiger partial charge >= 0.3 is 0 Å². The minimum atomic E-state index is -0.613. The topological polar surface area (TPSA) is 9.86 Å². The predicted octanol–water partition coefficient (Wildman–Crippen LogP) is 19.6. The van der Waals surface area contributed by atoms with E-state index in [0.29, 0.717) is 0 Å². The third kappa shape index (κ3) is 6.75. The van der Waals surface area contributed by atoms with E-state index in [4.69, 9.17) is 0 Å². The summed E-state index contributed by atoms with van der Waals surface area (Å²) in [5, 5.41) is 6.54. The van der Waals surface area contributed by atoms with Gasteiger partial charge in [0.2, 0.25) is 0 Å². The molecule has 0 radical (unpaired) electrons. The molecule has 0 saturated carbocycles. The largest absolute Gasteiger partial charge is 0.310 e. The van der Waals surface area contributed by atoms with Crippen molar-refractivity contribution in [1.82, 2.24) is 9.13 Å². The maximum atomic E-state index is 2.80. The molecule has 13 aromatic rings. The standard InChI is InChI=1S/C83H71BN2/c1-79(2,3)51-35-37-58(60(42-51)48-25-15-13-16-26-48)71-64-41-50-29-19-20-30-55(50)72-77(64)85(76(71)59-38-36-52(80(4,5)6)43-61(59)49-27-17-14-18-28-49)70-40-39-67-78-73(70)84(72)69-47-54(82(10,11)12)45-63-62-44-53(81(7,8)9)46-68(74(62)86(78)75(63)69)83(67)65-33-23-21-31-56(65)57-32-22-24-34-66(57)83/h13-47H,1-12H3. The molecule has 0 bridgehead atoms. The molecule has 0 N–H and O–H groups in total. The van der Waals surface area contributed by atoms with Crippen molar-refractivity contribution in [1.29, 1.82) is 0 Å². The molecular weight excluding hydrogens is 1040 g/mol. The van der Waals surface area contributed by atoms with E-state index in [0.717, 1.165) is 0 Å². The first-order valence-electron chi connectivity index (χ1n) is 31.3. The van der Waals surface area contributed by atoms with Crippen LogP contribution in [0.3, 0.4) is 0 Å². The van der Waals surface area contributed by atoms with Crippen LogP contribution >= 0.6 is 0 Å². The fraction of sp³-hybridized carbons (Fsp3) is 0.205. The summed E-state index contributed by atoms with van der Waals surface area (Å²) in [4.78, 5) is 0. The van der Waals surface area contributed by atoms with Crippen LogP contribution in [0.15, 0.2) is 212 Å². The maximum absolute atomic E-state index is 2.80. The Balaban J connectivity index is 1.14. The molecule has 1 spiro atoms.